The average molecular weight is 502 g/mol. The van der Waals surface area contributed by atoms with Gasteiger partial charge < -0.3 is 10.8 Å². The summed E-state index contributed by atoms with van der Waals surface area (Å²) in [7, 11) is -4.28. The summed E-state index contributed by atoms with van der Waals surface area (Å²) in [5.41, 5.74) is 5.27. The molecule has 0 bridgehead atoms. The third-order valence-electron chi connectivity index (χ3n) is 5.84. The third-order valence-corrected chi connectivity index (χ3v) is 7.38. The molecule has 0 amide bonds. The molecular weight excluding hydrogens is 480 g/mol. The van der Waals surface area contributed by atoms with E-state index in [4.69, 9.17) is 5.73 Å². The van der Waals surface area contributed by atoms with Crippen LogP contribution in [0.25, 0.3) is 17.0 Å². The smallest absolute Gasteiger partial charge is 0.390 e. The van der Waals surface area contributed by atoms with Crippen LogP contribution < -0.4 is 10.5 Å². The van der Waals surface area contributed by atoms with Crippen molar-refractivity contribution in [2.24, 2.45) is 0 Å². The van der Waals surface area contributed by atoms with Crippen LogP contribution in [-0.2, 0) is 16.2 Å². The van der Waals surface area contributed by atoms with Gasteiger partial charge in [-0.2, -0.15) is 23.1 Å². The van der Waals surface area contributed by atoms with Gasteiger partial charge in [0.25, 0.3) is 0 Å². The van der Waals surface area contributed by atoms with Gasteiger partial charge in [0.05, 0.1) is 11.3 Å². The van der Waals surface area contributed by atoms with Gasteiger partial charge in [-0.1, -0.05) is 0 Å². The van der Waals surface area contributed by atoms with Crippen molar-refractivity contribution in [1.82, 2.24) is 24.1 Å². The molecule has 4 N–H and O–H groups in total. The summed E-state index contributed by atoms with van der Waals surface area (Å²) in [5, 5.41) is 10.1. The summed E-state index contributed by atoms with van der Waals surface area (Å²) in [5.74, 6) is -3.36. The molecule has 1 saturated carbocycles. The lowest BCUT2D eigenvalue weighted by atomic mass is 9.84. The van der Waals surface area contributed by atoms with E-state index in [0.717, 1.165) is 16.5 Å². The lowest BCUT2D eigenvalue weighted by Crippen LogP contribution is -2.42. The van der Waals surface area contributed by atoms with Gasteiger partial charge in [0.15, 0.2) is 0 Å². The number of aryl methyl sites for hydroxylation is 1. The van der Waals surface area contributed by atoms with E-state index >= 15 is 0 Å². The van der Waals surface area contributed by atoms with Gasteiger partial charge >= 0.3 is 6.18 Å². The van der Waals surface area contributed by atoms with E-state index in [2.05, 4.69) is 19.7 Å². The van der Waals surface area contributed by atoms with Crippen molar-refractivity contribution >= 4 is 21.7 Å². The molecular formula is C20H22F4N6O3S. The molecule has 0 spiro atoms. The van der Waals surface area contributed by atoms with E-state index in [1.165, 1.54) is 13.1 Å². The monoisotopic (exact) mass is 502 g/mol. The van der Waals surface area contributed by atoms with Crippen molar-refractivity contribution in [2.45, 2.75) is 62.2 Å². The minimum atomic E-state index is -4.84. The van der Waals surface area contributed by atoms with Crippen LogP contribution in [0, 0.1) is 12.7 Å². The summed E-state index contributed by atoms with van der Waals surface area (Å²) in [4.78, 5) is 10.0. The number of aromatic nitrogens is 4. The molecule has 0 aliphatic heterocycles. The number of rotatable bonds is 4. The summed E-state index contributed by atoms with van der Waals surface area (Å²) >= 11 is 0. The van der Waals surface area contributed by atoms with E-state index in [1.807, 2.05) is 0 Å². The third kappa shape index (κ3) is 4.70. The van der Waals surface area contributed by atoms with Gasteiger partial charge in [-0.3, -0.25) is 4.40 Å². The fraction of sp³-hybridized carbons (Fsp3) is 0.450. The molecule has 0 saturated heterocycles. The number of anilines is 1. The van der Waals surface area contributed by atoms with Crippen molar-refractivity contribution in [2.75, 3.05) is 5.73 Å². The molecule has 1 fully saturated rings. The van der Waals surface area contributed by atoms with E-state index < -0.39 is 56.1 Å². The van der Waals surface area contributed by atoms with Crippen molar-refractivity contribution in [3.8, 4) is 11.3 Å². The Balaban J connectivity index is 1.72. The van der Waals surface area contributed by atoms with Crippen LogP contribution in [0.5, 0.6) is 0 Å². The van der Waals surface area contributed by atoms with Crippen molar-refractivity contribution in [3.63, 3.8) is 0 Å². The van der Waals surface area contributed by atoms with Crippen LogP contribution in [0.1, 0.15) is 44.0 Å². The second kappa shape index (κ2) is 8.13. The van der Waals surface area contributed by atoms with Crippen LogP contribution in [0.3, 0.4) is 0 Å². The normalized spacial score (nSPS) is 21.8. The largest absolute Gasteiger partial charge is 0.451 e. The number of alkyl halides is 3. The van der Waals surface area contributed by atoms with E-state index in [9.17, 15) is 31.1 Å². The first-order valence-corrected chi connectivity index (χ1v) is 11.8. The van der Waals surface area contributed by atoms with Crippen LogP contribution in [0.4, 0.5) is 23.5 Å². The Morgan fingerprint density at radius 3 is 2.47 bits per heavy atom. The molecule has 4 rings (SSSR count). The van der Waals surface area contributed by atoms with E-state index in [-0.39, 0.29) is 11.3 Å². The fourth-order valence-electron chi connectivity index (χ4n) is 3.93. The van der Waals surface area contributed by atoms with Gasteiger partial charge in [-0.05, 0) is 57.2 Å². The van der Waals surface area contributed by atoms with Gasteiger partial charge in [0, 0.05) is 17.8 Å². The highest BCUT2D eigenvalue weighted by Crippen LogP contribution is 2.32. The topological polar surface area (TPSA) is 136 Å². The van der Waals surface area contributed by atoms with Gasteiger partial charge in [0.2, 0.25) is 27.6 Å². The molecule has 0 atom stereocenters. The maximum absolute atomic E-state index is 14.7. The molecule has 9 nitrogen and oxygen atoms in total. The lowest BCUT2D eigenvalue weighted by molar-refractivity contribution is -0.144. The lowest BCUT2D eigenvalue weighted by Gasteiger charge is -2.33. The Kier molecular flexibility index (Phi) is 5.81. The first-order chi connectivity index (χ1) is 15.7. The molecule has 14 heteroatoms. The second-order valence-corrected chi connectivity index (χ2v) is 10.4. The number of imidazole rings is 1. The molecule has 184 valence electrons. The number of fused-ring (bicyclic) bond motifs is 1. The second-order valence-electron chi connectivity index (χ2n) is 8.69. The van der Waals surface area contributed by atoms with E-state index in [0.29, 0.717) is 31.2 Å². The van der Waals surface area contributed by atoms with Crippen molar-refractivity contribution in [3.05, 3.63) is 35.5 Å². The molecule has 2 heterocycles. The Bertz CT molecular complexity index is 1360. The molecule has 2 aromatic heterocycles. The van der Waals surface area contributed by atoms with Gasteiger partial charge in [0.1, 0.15) is 10.7 Å². The predicted octanol–water partition coefficient (Wildman–Crippen LogP) is 2.81. The zero-order chi connectivity index (χ0) is 25.1. The predicted molar refractivity (Wildman–Crippen MR) is 114 cm³/mol. The number of sulfonamides is 1. The highest BCUT2D eigenvalue weighted by atomic mass is 32.2. The SMILES string of the molecule is Cc1cc(F)c(S(=O)(=O)NC2CCC(C)(O)CC2)cc1-c1cn2c(N)nc(C(F)(F)F)nc2n1. The number of hydrogen-bond acceptors (Lipinski definition) is 7. The number of nitrogen functional groups attached to an aromatic ring is 1. The maximum atomic E-state index is 14.7. The number of nitrogens with two attached hydrogens (primary N) is 1. The minimum absolute atomic E-state index is 0.0444. The fourth-order valence-corrected chi connectivity index (χ4v) is 5.32. The number of aliphatic hydroxyl groups is 1. The minimum Gasteiger partial charge on any atom is -0.390 e. The number of nitrogens with one attached hydrogen (secondary N) is 1. The van der Waals surface area contributed by atoms with Crippen LogP contribution in [0.2, 0.25) is 0 Å². The van der Waals surface area contributed by atoms with Crippen LogP contribution in [0.15, 0.2) is 23.2 Å². The molecule has 34 heavy (non-hydrogen) atoms. The zero-order valence-corrected chi connectivity index (χ0v) is 19.0. The number of nitrogens with zero attached hydrogens (tertiary/aromatic N) is 4. The molecule has 1 aliphatic carbocycles. The van der Waals surface area contributed by atoms with E-state index in [1.54, 1.807) is 6.92 Å². The van der Waals surface area contributed by atoms with Crippen molar-refractivity contribution in [1.29, 1.82) is 0 Å². The summed E-state index contributed by atoms with van der Waals surface area (Å²) in [6.45, 7) is 3.18. The Morgan fingerprint density at radius 1 is 1.21 bits per heavy atom. The van der Waals surface area contributed by atoms with Crippen molar-refractivity contribution < 1.29 is 31.1 Å². The highest BCUT2D eigenvalue weighted by Gasteiger charge is 2.36. The molecule has 0 unspecified atom stereocenters. The standard InChI is InChI=1S/C20H22F4N6O3S/c1-10-7-13(21)15(34(32,33)29-11-3-5-19(2,31)6-4-11)8-12(10)14-9-30-17(25)27-16(20(22,23)24)28-18(30)26-14/h7-9,11,29,31H,3-6H2,1-2H3,(H2,25,26,27,28). The maximum Gasteiger partial charge on any atom is 0.451 e. The first kappa shape index (κ1) is 24.3. The molecule has 1 aliphatic rings. The Morgan fingerprint density at radius 2 is 1.85 bits per heavy atom. The summed E-state index contributed by atoms with van der Waals surface area (Å²) < 4.78 is 83.1. The zero-order valence-electron chi connectivity index (χ0n) is 18.2. The Labute approximate surface area is 192 Å². The number of benzene rings is 1. The quantitative estimate of drug-likeness (QED) is 0.467. The summed E-state index contributed by atoms with van der Waals surface area (Å²) in [6.07, 6.45) is -2.03. The molecule has 0 radical (unpaired) electrons. The number of hydrogen-bond donors (Lipinski definition) is 3. The van der Waals surface area contributed by atoms with Crippen LogP contribution in [-0.4, -0.2) is 44.5 Å². The molecule has 1 aromatic carbocycles. The van der Waals surface area contributed by atoms with Crippen LogP contribution >= 0.6 is 0 Å². The van der Waals surface area contributed by atoms with Gasteiger partial charge in [-0.25, -0.2) is 22.5 Å². The Hall–Kier alpha value is -2.84. The highest BCUT2D eigenvalue weighted by molar-refractivity contribution is 7.89. The first-order valence-electron chi connectivity index (χ1n) is 10.3. The molecule has 3 aromatic rings. The average Bonchev–Trinajstić information content (AvgIpc) is 3.13. The van der Waals surface area contributed by atoms with Gasteiger partial charge in [-0.15, -0.1) is 0 Å². The number of halogens is 4. The summed E-state index contributed by atoms with van der Waals surface area (Å²) in [6, 6.07) is 1.61.